The van der Waals surface area contributed by atoms with E-state index < -0.39 is 6.10 Å². The van der Waals surface area contributed by atoms with Gasteiger partial charge in [0, 0.05) is 34.9 Å². The summed E-state index contributed by atoms with van der Waals surface area (Å²) in [5.74, 6) is 0.786. The van der Waals surface area contributed by atoms with Crippen LogP contribution in [-0.4, -0.2) is 24.7 Å². The number of ether oxygens (including phenoxy) is 3. The van der Waals surface area contributed by atoms with Gasteiger partial charge in [-0.2, -0.15) is 0 Å². The zero-order chi connectivity index (χ0) is 28.0. The minimum absolute atomic E-state index is 0.0386. The first-order valence-corrected chi connectivity index (χ1v) is 13.7. The highest BCUT2D eigenvalue weighted by atomic mass is 19.1. The summed E-state index contributed by atoms with van der Waals surface area (Å²) >= 11 is 0. The molecule has 40 heavy (non-hydrogen) atoms. The normalized spacial score (nSPS) is 17.2. The van der Waals surface area contributed by atoms with Crippen LogP contribution in [0.25, 0.3) is 22.4 Å². The van der Waals surface area contributed by atoms with Gasteiger partial charge >= 0.3 is 5.97 Å². The molecule has 2 unspecified atom stereocenters. The van der Waals surface area contributed by atoms with E-state index >= 15 is 4.39 Å². The first kappa shape index (κ1) is 26.1. The van der Waals surface area contributed by atoms with Crippen molar-refractivity contribution in [1.29, 1.82) is 0 Å². The smallest absolute Gasteiger partial charge is 0.306 e. The van der Waals surface area contributed by atoms with Crippen LogP contribution < -0.4 is 9.47 Å². The summed E-state index contributed by atoms with van der Waals surface area (Å²) in [7, 11) is 1.39. The van der Waals surface area contributed by atoms with Gasteiger partial charge in [-0.25, -0.2) is 4.39 Å². The Hall–Kier alpha value is -4.19. The Bertz CT molecular complexity index is 1610. The van der Waals surface area contributed by atoms with Gasteiger partial charge in [0.15, 0.2) is 0 Å². The van der Waals surface area contributed by atoms with E-state index in [1.54, 1.807) is 6.07 Å². The lowest BCUT2D eigenvalue weighted by molar-refractivity contribution is -0.141. The molecule has 0 saturated heterocycles. The standard InChI is InChI=1S/C34H32FNO4/c1-19-11-12-36-29(13-19)22-14-20(2)33(21(3)15-22)26-7-9-28(35)34-27(26)8-10-30(34)40-24-5-6-25-23(16-32(37)38-4)18-39-31(25)17-24/h5-7,9,11-15,17,23,30H,8,10,16,18H2,1-4H3. The lowest BCUT2D eigenvalue weighted by Crippen LogP contribution is -2.09. The number of fused-ring (bicyclic) bond motifs is 2. The molecule has 1 aromatic heterocycles. The molecular weight excluding hydrogens is 505 g/mol. The molecule has 5 nitrogen and oxygen atoms in total. The van der Waals surface area contributed by atoms with Crippen molar-refractivity contribution in [1.82, 2.24) is 4.98 Å². The van der Waals surface area contributed by atoms with Gasteiger partial charge in [0.05, 0.1) is 25.8 Å². The molecule has 3 aromatic carbocycles. The zero-order valence-corrected chi connectivity index (χ0v) is 23.2. The third-order valence-corrected chi connectivity index (χ3v) is 8.08. The summed E-state index contributed by atoms with van der Waals surface area (Å²) in [5.41, 5.74) is 10.3. The van der Waals surface area contributed by atoms with E-state index in [1.165, 1.54) is 12.7 Å². The Morgan fingerprint density at radius 3 is 2.60 bits per heavy atom. The van der Waals surface area contributed by atoms with Crippen molar-refractivity contribution < 1.29 is 23.4 Å². The van der Waals surface area contributed by atoms with Crippen LogP contribution in [0.3, 0.4) is 0 Å². The molecule has 0 radical (unpaired) electrons. The van der Waals surface area contributed by atoms with Crippen LogP contribution in [0.2, 0.25) is 0 Å². The molecule has 0 saturated carbocycles. The number of rotatable bonds is 6. The number of aromatic nitrogens is 1. The molecule has 2 heterocycles. The van der Waals surface area contributed by atoms with Gasteiger partial charge in [-0.05, 0) is 103 Å². The number of halogens is 1. The van der Waals surface area contributed by atoms with Crippen LogP contribution in [0.15, 0.2) is 60.8 Å². The highest BCUT2D eigenvalue weighted by Crippen LogP contribution is 2.45. The molecule has 1 aliphatic heterocycles. The van der Waals surface area contributed by atoms with Crippen molar-refractivity contribution in [3.05, 3.63) is 100.0 Å². The van der Waals surface area contributed by atoms with Gasteiger partial charge in [0.25, 0.3) is 0 Å². The molecule has 6 rings (SSSR count). The highest BCUT2D eigenvalue weighted by molar-refractivity contribution is 5.79. The largest absolute Gasteiger partial charge is 0.492 e. The lowest BCUT2D eigenvalue weighted by Gasteiger charge is -2.19. The number of carbonyl (C=O) groups is 1. The van der Waals surface area contributed by atoms with E-state index in [-0.39, 0.29) is 24.1 Å². The van der Waals surface area contributed by atoms with E-state index in [0.717, 1.165) is 51.1 Å². The van der Waals surface area contributed by atoms with Gasteiger partial charge in [0.2, 0.25) is 0 Å². The summed E-state index contributed by atoms with van der Waals surface area (Å²) in [5, 5.41) is 0. The Labute approximate surface area is 233 Å². The number of hydrogen-bond donors (Lipinski definition) is 0. The Morgan fingerprint density at radius 1 is 1.05 bits per heavy atom. The number of nitrogens with zero attached hydrogens (tertiary/aromatic N) is 1. The van der Waals surface area contributed by atoms with Crippen LogP contribution in [0.1, 0.15) is 58.2 Å². The second-order valence-corrected chi connectivity index (χ2v) is 10.8. The van der Waals surface area contributed by atoms with E-state index in [2.05, 4.69) is 44.0 Å². The molecule has 204 valence electrons. The summed E-state index contributed by atoms with van der Waals surface area (Å²) in [6.45, 7) is 6.71. The maximum Gasteiger partial charge on any atom is 0.306 e. The fourth-order valence-corrected chi connectivity index (χ4v) is 6.20. The average Bonchev–Trinajstić information content (AvgIpc) is 3.54. The van der Waals surface area contributed by atoms with Gasteiger partial charge in [-0.1, -0.05) is 12.1 Å². The number of carbonyl (C=O) groups excluding carboxylic acids is 1. The predicted octanol–water partition coefficient (Wildman–Crippen LogP) is 7.59. The average molecular weight is 538 g/mol. The summed E-state index contributed by atoms with van der Waals surface area (Å²) in [4.78, 5) is 16.3. The summed E-state index contributed by atoms with van der Waals surface area (Å²) < 4.78 is 32.4. The van der Waals surface area contributed by atoms with Gasteiger partial charge in [-0.3, -0.25) is 9.78 Å². The number of hydrogen-bond acceptors (Lipinski definition) is 5. The van der Waals surface area contributed by atoms with E-state index in [9.17, 15) is 4.79 Å². The SMILES string of the molecule is COC(=O)CC1COc2cc(OC3CCc4c(-c5c(C)cc(-c6cc(C)ccn6)cc5C)ccc(F)c43)ccc21. The predicted molar refractivity (Wildman–Crippen MR) is 152 cm³/mol. The minimum atomic E-state index is -0.392. The Kier molecular flexibility index (Phi) is 6.78. The minimum Gasteiger partial charge on any atom is -0.492 e. The zero-order valence-electron chi connectivity index (χ0n) is 23.2. The number of pyridine rings is 1. The van der Waals surface area contributed by atoms with Gasteiger partial charge in [-0.15, -0.1) is 0 Å². The van der Waals surface area contributed by atoms with Crippen molar-refractivity contribution in [3.63, 3.8) is 0 Å². The van der Waals surface area contributed by atoms with E-state index in [0.29, 0.717) is 30.1 Å². The van der Waals surface area contributed by atoms with Crippen molar-refractivity contribution in [2.45, 2.75) is 52.1 Å². The fraction of sp³-hybridized carbons (Fsp3) is 0.294. The summed E-state index contributed by atoms with van der Waals surface area (Å²) in [6.07, 6.45) is 3.14. The quantitative estimate of drug-likeness (QED) is 0.237. The number of esters is 1. The second-order valence-electron chi connectivity index (χ2n) is 10.8. The molecule has 1 aliphatic carbocycles. The fourth-order valence-electron chi connectivity index (χ4n) is 6.20. The number of aryl methyl sites for hydroxylation is 3. The molecule has 0 spiro atoms. The van der Waals surface area contributed by atoms with E-state index in [4.69, 9.17) is 14.2 Å². The topological polar surface area (TPSA) is 57.7 Å². The Balaban J connectivity index is 1.29. The molecule has 0 fully saturated rings. The van der Waals surface area contributed by atoms with Crippen LogP contribution in [0, 0.1) is 26.6 Å². The third-order valence-electron chi connectivity index (χ3n) is 8.08. The van der Waals surface area contributed by atoms with E-state index in [1.807, 2.05) is 36.5 Å². The maximum absolute atomic E-state index is 15.3. The van der Waals surface area contributed by atoms with Crippen LogP contribution in [0.5, 0.6) is 11.5 Å². The van der Waals surface area contributed by atoms with Gasteiger partial charge in [0.1, 0.15) is 23.4 Å². The Morgan fingerprint density at radius 2 is 1.85 bits per heavy atom. The monoisotopic (exact) mass is 537 g/mol. The molecule has 6 heteroatoms. The van der Waals surface area contributed by atoms with Crippen LogP contribution in [-0.2, 0) is 16.0 Å². The third kappa shape index (κ3) is 4.72. The lowest BCUT2D eigenvalue weighted by atomic mass is 9.88. The molecule has 2 aliphatic rings. The molecule has 0 N–H and O–H groups in total. The second kappa shape index (κ2) is 10.4. The summed E-state index contributed by atoms with van der Waals surface area (Å²) in [6, 6.07) is 17.6. The van der Waals surface area contributed by atoms with Gasteiger partial charge < -0.3 is 14.2 Å². The van der Waals surface area contributed by atoms with Crippen LogP contribution >= 0.6 is 0 Å². The maximum atomic E-state index is 15.3. The molecular formula is C34H32FNO4. The van der Waals surface area contributed by atoms with Crippen molar-refractivity contribution in [3.8, 4) is 33.9 Å². The first-order chi connectivity index (χ1) is 19.3. The van der Waals surface area contributed by atoms with Crippen LogP contribution in [0.4, 0.5) is 4.39 Å². The molecule has 0 bridgehead atoms. The van der Waals surface area contributed by atoms with Crippen molar-refractivity contribution in [2.24, 2.45) is 0 Å². The molecule has 4 aromatic rings. The molecule has 2 atom stereocenters. The molecule has 0 amide bonds. The number of benzene rings is 3. The van der Waals surface area contributed by atoms with Crippen molar-refractivity contribution in [2.75, 3.05) is 13.7 Å². The van der Waals surface area contributed by atoms with Crippen molar-refractivity contribution >= 4 is 5.97 Å². The number of methoxy groups -OCH3 is 1. The highest BCUT2D eigenvalue weighted by Gasteiger charge is 2.32. The first-order valence-electron chi connectivity index (χ1n) is 13.7.